The lowest BCUT2D eigenvalue weighted by atomic mass is 9.95. The van der Waals surface area contributed by atoms with Crippen molar-refractivity contribution in [2.45, 2.75) is 0 Å². The van der Waals surface area contributed by atoms with Crippen LogP contribution < -0.4 is 0 Å². The third-order valence-corrected chi connectivity index (χ3v) is 9.40. The standard InChI is InChI=1S/C49H33N5/c1-4-15-34(16-5-1)41-31-46(43-26-10-11-27-50-43)52-47(32-41)48-42(25-14-28-51-48)39-23-12-21-37(29-39)38-22-13-24-40(30-38)49-53-44(35-17-6-2-7-18-35)33-45(54-49)36-19-8-3-9-20-36/h1-33H. The van der Waals surface area contributed by atoms with Crippen LogP contribution >= 0.6 is 0 Å². The van der Waals surface area contributed by atoms with Crippen molar-refractivity contribution in [1.82, 2.24) is 24.9 Å². The van der Waals surface area contributed by atoms with E-state index in [0.717, 1.165) is 84.2 Å². The fourth-order valence-corrected chi connectivity index (χ4v) is 6.73. The van der Waals surface area contributed by atoms with Crippen LogP contribution in [0.25, 0.3) is 90.1 Å². The molecule has 0 spiro atoms. The summed E-state index contributed by atoms with van der Waals surface area (Å²) in [7, 11) is 0. The Kier molecular flexibility index (Phi) is 8.86. The average Bonchev–Trinajstić information content (AvgIpc) is 3.27. The first kappa shape index (κ1) is 32.5. The summed E-state index contributed by atoms with van der Waals surface area (Å²) in [6.07, 6.45) is 3.63. The summed E-state index contributed by atoms with van der Waals surface area (Å²) in [5.74, 6) is 0.677. The number of hydrogen-bond acceptors (Lipinski definition) is 5. The van der Waals surface area contributed by atoms with Crippen molar-refractivity contribution in [1.29, 1.82) is 0 Å². The van der Waals surface area contributed by atoms with Crippen molar-refractivity contribution in [2.24, 2.45) is 0 Å². The van der Waals surface area contributed by atoms with Gasteiger partial charge in [-0.1, -0.05) is 140 Å². The van der Waals surface area contributed by atoms with E-state index in [1.54, 1.807) is 6.20 Å². The molecule has 0 amide bonds. The van der Waals surface area contributed by atoms with Crippen LogP contribution in [0.1, 0.15) is 0 Å². The molecule has 54 heavy (non-hydrogen) atoms. The van der Waals surface area contributed by atoms with Crippen LogP contribution in [0.2, 0.25) is 0 Å². The highest BCUT2D eigenvalue weighted by Crippen LogP contribution is 2.36. The molecule has 4 heterocycles. The molecule has 0 fully saturated rings. The molecule has 0 radical (unpaired) electrons. The summed E-state index contributed by atoms with van der Waals surface area (Å²) in [5.41, 5.74) is 14.3. The van der Waals surface area contributed by atoms with Crippen LogP contribution in [0.15, 0.2) is 200 Å². The Hall–Kier alpha value is -7.37. The SMILES string of the molecule is c1ccc(-c2cc(-c3ccccn3)nc(-c3ncccc3-c3cccc(-c4cccc(-c5nc(-c6ccccc6)cc(-c6ccccc6)n5)c4)c3)c2)cc1. The lowest BCUT2D eigenvalue weighted by molar-refractivity contribution is 1.18. The first-order valence-corrected chi connectivity index (χ1v) is 17.9. The van der Waals surface area contributed by atoms with Gasteiger partial charge in [-0.2, -0.15) is 0 Å². The number of nitrogens with zero attached hydrogens (tertiary/aromatic N) is 5. The van der Waals surface area contributed by atoms with Crippen molar-refractivity contribution >= 4 is 0 Å². The van der Waals surface area contributed by atoms with Gasteiger partial charge in [0.1, 0.15) is 0 Å². The van der Waals surface area contributed by atoms with Gasteiger partial charge in [0.15, 0.2) is 5.82 Å². The Morgan fingerprint density at radius 1 is 0.259 bits per heavy atom. The highest BCUT2D eigenvalue weighted by atomic mass is 14.9. The summed E-state index contributed by atoms with van der Waals surface area (Å²) in [4.78, 5) is 24.8. The third kappa shape index (κ3) is 6.82. The van der Waals surface area contributed by atoms with Gasteiger partial charge in [-0.15, -0.1) is 0 Å². The number of aromatic nitrogens is 5. The highest BCUT2D eigenvalue weighted by Gasteiger charge is 2.16. The minimum atomic E-state index is 0.677. The maximum atomic E-state index is 5.13. The molecule has 4 aromatic heterocycles. The van der Waals surface area contributed by atoms with Crippen LogP contribution in [0.5, 0.6) is 0 Å². The van der Waals surface area contributed by atoms with Gasteiger partial charge in [0, 0.05) is 34.6 Å². The predicted octanol–water partition coefficient (Wildman–Crippen LogP) is 12.0. The second-order valence-electron chi connectivity index (χ2n) is 13.0. The van der Waals surface area contributed by atoms with E-state index < -0.39 is 0 Å². The highest BCUT2D eigenvalue weighted by molar-refractivity contribution is 5.85. The molecule has 0 saturated carbocycles. The Labute approximate surface area is 314 Å². The molecule has 0 aliphatic heterocycles. The second kappa shape index (κ2) is 14.7. The third-order valence-electron chi connectivity index (χ3n) is 9.40. The van der Waals surface area contributed by atoms with E-state index in [-0.39, 0.29) is 0 Å². The Balaban J connectivity index is 1.12. The van der Waals surface area contributed by atoms with Gasteiger partial charge in [0.2, 0.25) is 0 Å². The van der Waals surface area contributed by atoms with Gasteiger partial charge in [-0.25, -0.2) is 15.0 Å². The molecule has 0 bridgehead atoms. The van der Waals surface area contributed by atoms with Crippen LogP contribution in [0, 0.1) is 0 Å². The lowest BCUT2D eigenvalue weighted by Gasteiger charge is -2.13. The van der Waals surface area contributed by atoms with Crippen molar-refractivity contribution in [2.75, 3.05) is 0 Å². The van der Waals surface area contributed by atoms with Crippen molar-refractivity contribution in [3.8, 4) is 90.1 Å². The molecule has 0 atom stereocenters. The molecule has 5 nitrogen and oxygen atoms in total. The Bertz CT molecular complexity index is 2580. The Morgan fingerprint density at radius 2 is 0.796 bits per heavy atom. The van der Waals surface area contributed by atoms with E-state index in [2.05, 4.69) is 126 Å². The zero-order valence-corrected chi connectivity index (χ0v) is 29.3. The van der Waals surface area contributed by atoms with Gasteiger partial charge >= 0.3 is 0 Å². The molecule has 5 heteroatoms. The zero-order chi connectivity index (χ0) is 36.1. The summed E-state index contributed by atoms with van der Waals surface area (Å²) < 4.78 is 0. The summed E-state index contributed by atoms with van der Waals surface area (Å²) in [6, 6.07) is 64.2. The van der Waals surface area contributed by atoms with Crippen LogP contribution in [-0.4, -0.2) is 24.9 Å². The fraction of sp³-hybridized carbons (Fsp3) is 0. The minimum absolute atomic E-state index is 0.677. The normalized spacial score (nSPS) is 11.0. The molecule has 0 aliphatic carbocycles. The molecule has 5 aromatic carbocycles. The number of rotatable bonds is 8. The van der Waals surface area contributed by atoms with E-state index in [1.165, 1.54) is 0 Å². The van der Waals surface area contributed by atoms with Crippen LogP contribution in [-0.2, 0) is 0 Å². The molecular weight excluding hydrogens is 659 g/mol. The van der Waals surface area contributed by atoms with Gasteiger partial charge in [-0.3, -0.25) is 9.97 Å². The Morgan fingerprint density at radius 3 is 1.44 bits per heavy atom. The lowest BCUT2D eigenvalue weighted by Crippen LogP contribution is -1.96. The van der Waals surface area contributed by atoms with Gasteiger partial charge in [0.25, 0.3) is 0 Å². The van der Waals surface area contributed by atoms with Crippen LogP contribution in [0.3, 0.4) is 0 Å². The number of hydrogen-bond donors (Lipinski definition) is 0. The van der Waals surface area contributed by atoms with Gasteiger partial charge in [0.05, 0.1) is 34.2 Å². The minimum Gasteiger partial charge on any atom is -0.255 e. The van der Waals surface area contributed by atoms with E-state index in [1.807, 2.05) is 72.9 Å². The maximum Gasteiger partial charge on any atom is 0.160 e. The van der Waals surface area contributed by atoms with Gasteiger partial charge < -0.3 is 0 Å². The summed E-state index contributed by atoms with van der Waals surface area (Å²) >= 11 is 0. The fourth-order valence-electron chi connectivity index (χ4n) is 6.73. The van der Waals surface area contributed by atoms with E-state index >= 15 is 0 Å². The number of benzene rings is 5. The first-order valence-electron chi connectivity index (χ1n) is 17.9. The van der Waals surface area contributed by atoms with Crippen molar-refractivity contribution < 1.29 is 0 Å². The maximum absolute atomic E-state index is 5.13. The van der Waals surface area contributed by atoms with Gasteiger partial charge in [-0.05, 0) is 76.3 Å². The molecule has 0 unspecified atom stereocenters. The summed E-state index contributed by atoms with van der Waals surface area (Å²) in [6.45, 7) is 0. The zero-order valence-electron chi connectivity index (χ0n) is 29.3. The molecule has 9 aromatic rings. The molecule has 0 aliphatic rings. The number of pyridine rings is 3. The predicted molar refractivity (Wildman–Crippen MR) is 219 cm³/mol. The first-order chi connectivity index (χ1) is 26.7. The molecular formula is C49H33N5. The quantitative estimate of drug-likeness (QED) is 0.159. The van der Waals surface area contributed by atoms with Crippen molar-refractivity contribution in [3.05, 3.63) is 200 Å². The van der Waals surface area contributed by atoms with Crippen LogP contribution in [0.4, 0.5) is 0 Å². The van der Waals surface area contributed by atoms with Crippen molar-refractivity contribution in [3.63, 3.8) is 0 Å². The molecule has 0 saturated heterocycles. The van der Waals surface area contributed by atoms with E-state index in [0.29, 0.717) is 5.82 Å². The smallest absolute Gasteiger partial charge is 0.160 e. The molecule has 9 rings (SSSR count). The monoisotopic (exact) mass is 691 g/mol. The van der Waals surface area contributed by atoms with E-state index in [4.69, 9.17) is 19.9 Å². The molecule has 254 valence electrons. The molecule has 0 N–H and O–H groups in total. The topological polar surface area (TPSA) is 64.5 Å². The average molecular weight is 692 g/mol. The van der Waals surface area contributed by atoms with E-state index in [9.17, 15) is 0 Å². The largest absolute Gasteiger partial charge is 0.255 e. The summed E-state index contributed by atoms with van der Waals surface area (Å²) in [5, 5.41) is 0. The second-order valence-corrected chi connectivity index (χ2v) is 13.0.